The molecule has 0 radical (unpaired) electrons. The zero-order chi connectivity index (χ0) is 16.3. The summed E-state index contributed by atoms with van der Waals surface area (Å²) in [5.74, 6) is -0.522. The van der Waals surface area contributed by atoms with Crippen LogP contribution in [-0.4, -0.2) is 34.6 Å². The van der Waals surface area contributed by atoms with Crippen molar-refractivity contribution in [2.45, 2.75) is 32.7 Å². The SMILES string of the molecule is CCC1(C)NC(=O)N(N=Cc2ccc(NC(C)=O)cc2)C1=O. The second kappa shape index (κ2) is 5.97. The molecule has 1 atom stereocenters. The van der Waals surface area contributed by atoms with Gasteiger partial charge in [-0.1, -0.05) is 19.1 Å². The van der Waals surface area contributed by atoms with Gasteiger partial charge in [0.2, 0.25) is 5.91 Å². The molecule has 7 heteroatoms. The highest BCUT2D eigenvalue weighted by Crippen LogP contribution is 2.21. The zero-order valence-electron chi connectivity index (χ0n) is 12.7. The third kappa shape index (κ3) is 3.13. The lowest BCUT2D eigenvalue weighted by atomic mass is 10.00. The van der Waals surface area contributed by atoms with E-state index < -0.39 is 11.6 Å². The van der Waals surface area contributed by atoms with E-state index in [9.17, 15) is 14.4 Å². The van der Waals surface area contributed by atoms with Crippen molar-refractivity contribution in [2.24, 2.45) is 5.10 Å². The van der Waals surface area contributed by atoms with Crippen LogP contribution in [-0.2, 0) is 9.59 Å². The monoisotopic (exact) mass is 302 g/mol. The molecule has 7 nitrogen and oxygen atoms in total. The molecule has 0 aliphatic carbocycles. The number of carbonyl (C=O) groups is 3. The molecule has 1 aliphatic rings. The van der Waals surface area contributed by atoms with Gasteiger partial charge in [-0.15, -0.1) is 5.01 Å². The number of hydrogen-bond acceptors (Lipinski definition) is 4. The fraction of sp³-hybridized carbons (Fsp3) is 0.333. The van der Waals surface area contributed by atoms with E-state index in [0.717, 1.165) is 5.01 Å². The molecule has 116 valence electrons. The lowest BCUT2D eigenvalue weighted by Crippen LogP contribution is -2.42. The van der Waals surface area contributed by atoms with Crippen LogP contribution in [0.3, 0.4) is 0 Å². The standard InChI is InChI=1S/C15H18N4O3/c1-4-15(3)13(21)19(14(22)18-15)16-9-11-5-7-12(8-6-11)17-10(2)20/h5-9H,4H2,1-3H3,(H,17,20)(H,18,22). The summed E-state index contributed by atoms with van der Waals surface area (Å²) in [6, 6.07) is 6.36. The summed E-state index contributed by atoms with van der Waals surface area (Å²) in [6.45, 7) is 4.93. The van der Waals surface area contributed by atoms with Crippen molar-refractivity contribution in [3.63, 3.8) is 0 Å². The van der Waals surface area contributed by atoms with Gasteiger partial charge in [-0.05, 0) is 31.0 Å². The van der Waals surface area contributed by atoms with Crippen molar-refractivity contribution >= 4 is 29.7 Å². The molecule has 1 aromatic carbocycles. The second-order valence-electron chi connectivity index (χ2n) is 5.28. The van der Waals surface area contributed by atoms with E-state index in [1.807, 2.05) is 6.92 Å². The number of carbonyl (C=O) groups excluding carboxylic acids is 3. The van der Waals surface area contributed by atoms with E-state index in [2.05, 4.69) is 15.7 Å². The quantitative estimate of drug-likeness (QED) is 0.655. The molecule has 0 aromatic heterocycles. The number of rotatable bonds is 4. The summed E-state index contributed by atoms with van der Waals surface area (Å²) >= 11 is 0. The predicted octanol–water partition coefficient (Wildman–Crippen LogP) is 1.70. The summed E-state index contributed by atoms with van der Waals surface area (Å²) in [7, 11) is 0. The first kappa shape index (κ1) is 15.7. The van der Waals surface area contributed by atoms with Crippen molar-refractivity contribution in [3.8, 4) is 0 Å². The van der Waals surface area contributed by atoms with E-state index in [0.29, 0.717) is 17.7 Å². The zero-order valence-corrected chi connectivity index (χ0v) is 12.7. The number of imide groups is 1. The van der Waals surface area contributed by atoms with Crippen molar-refractivity contribution in [1.29, 1.82) is 0 Å². The third-order valence-corrected chi connectivity index (χ3v) is 3.50. The minimum absolute atomic E-state index is 0.153. The third-order valence-electron chi connectivity index (χ3n) is 3.50. The summed E-state index contributed by atoms with van der Waals surface area (Å²) in [6.07, 6.45) is 1.92. The first-order valence-corrected chi connectivity index (χ1v) is 6.94. The lowest BCUT2D eigenvalue weighted by Gasteiger charge is -2.17. The highest BCUT2D eigenvalue weighted by atomic mass is 16.2. The number of amides is 4. The van der Waals surface area contributed by atoms with Gasteiger partial charge in [0, 0.05) is 12.6 Å². The Balaban J connectivity index is 2.10. The minimum Gasteiger partial charge on any atom is -0.326 e. The van der Waals surface area contributed by atoms with Crippen LogP contribution in [0, 0.1) is 0 Å². The number of hydrazone groups is 1. The number of urea groups is 1. The second-order valence-corrected chi connectivity index (χ2v) is 5.28. The Bertz CT molecular complexity index is 639. The Hall–Kier alpha value is -2.70. The van der Waals surface area contributed by atoms with E-state index >= 15 is 0 Å². The fourth-order valence-corrected chi connectivity index (χ4v) is 1.99. The average molecular weight is 302 g/mol. The van der Waals surface area contributed by atoms with Crippen LogP contribution in [0.2, 0.25) is 0 Å². The lowest BCUT2D eigenvalue weighted by molar-refractivity contribution is -0.130. The molecule has 0 bridgehead atoms. The molecule has 2 rings (SSSR count). The van der Waals surface area contributed by atoms with E-state index in [4.69, 9.17) is 0 Å². The van der Waals surface area contributed by atoms with Gasteiger partial charge in [-0.2, -0.15) is 5.10 Å². The summed E-state index contributed by atoms with van der Waals surface area (Å²) in [5, 5.41) is 10.1. The van der Waals surface area contributed by atoms with E-state index in [1.54, 1.807) is 31.2 Å². The van der Waals surface area contributed by atoms with Crippen molar-refractivity contribution in [1.82, 2.24) is 10.3 Å². The molecular formula is C15H18N4O3. The van der Waals surface area contributed by atoms with Gasteiger partial charge in [0.1, 0.15) is 5.54 Å². The Labute approximate surface area is 128 Å². The predicted molar refractivity (Wildman–Crippen MR) is 82.4 cm³/mol. The number of benzene rings is 1. The Kier molecular flexibility index (Phi) is 4.25. The number of hydrogen-bond donors (Lipinski definition) is 2. The van der Waals surface area contributed by atoms with Gasteiger partial charge in [0.05, 0.1) is 6.21 Å². The first-order valence-electron chi connectivity index (χ1n) is 6.94. The van der Waals surface area contributed by atoms with E-state index in [-0.39, 0.29) is 11.8 Å². The van der Waals surface area contributed by atoms with E-state index in [1.165, 1.54) is 13.1 Å². The van der Waals surface area contributed by atoms with Crippen LogP contribution in [0.25, 0.3) is 0 Å². The molecule has 1 heterocycles. The molecule has 4 amide bonds. The average Bonchev–Trinajstić information content (AvgIpc) is 2.69. The summed E-state index contributed by atoms with van der Waals surface area (Å²) in [4.78, 5) is 34.9. The maximum Gasteiger partial charge on any atom is 0.346 e. The summed E-state index contributed by atoms with van der Waals surface area (Å²) < 4.78 is 0. The molecule has 1 aromatic rings. The molecule has 0 saturated carbocycles. The Morgan fingerprint density at radius 3 is 2.50 bits per heavy atom. The van der Waals surface area contributed by atoms with Gasteiger partial charge in [0.25, 0.3) is 5.91 Å². The molecular weight excluding hydrogens is 284 g/mol. The van der Waals surface area contributed by atoms with Crippen LogP contribution in [0.5, 0.6) is 0 Å². The van der Waals surface area contributed by atoms with Crippen LogP contribution in [0.1, 0.15) is 32.8 Å². The Morgan fingerprint density at radius 1 is 1.36 bits per heavy atom. The van der Waals surface area contributed by atoms with Gasteiger partial charge in [-0.3, -0.25) is 9.59 Å². The van der Waals surface area contributed by atoms with Crippen LogP contribution in [0.4, 0.5) is 10.5 Å². The maximum absolute atomic E-state index is 12.1. The highest BCUT2D eigenvalue weighted by Gasteiger charge is 2.46. The van der Waals surface area contributed by atoms with Crippen molar-refractivity contribution < 1.29 is 14.4 Å². The molecule has 22 heavy (non-hydrogen) atoms. The van der Waals surface area contributed by atoms with Gasteiger partial charge < -0.3 is 10.6 Å². The summed E-state index contributed by atoms with van der Waals surface area (Å²) in [5.41, 5.74) is 0.474. The number of anilines is 1. The first-order chi connectivity index (χ1) is 10.4. The van der Waals surface area contributed by atoms with Crippen molar-refractivity contribution in [3.05, 3.63) is 29.8 Å². The molecule has 1 saturated heterocycles. The topological polar surface area (TPSA) is 90.9 Å². The van der Waals surface area contributed by atoms with Crippen LogP contribution in [0.15, 0.2) is 29.4 Å². The van der Waals surface area contributed by atoms with Gasteiger partial charge in [-0.25, -0.2) is 4.79 Å². The Morgan fingerprint density at radius 2 is 2.00 bits per heavy atom. The minimum atomic E-state index is -0.899. The largest absolute Gasteiger partial charge is 0.346 e. The fourth-order valence-electron chi connectivity index (χ4n) is 1.99. The normalized spacial score (nSPS) is 21.3. The smallest absolute Gasteiger partial charge is 0.326 e. The number of nitrogens with one attached hydrogen (secondary N) is 2. The molecule has 2 N–H and O–H groups in total. The molecule has 0 spiro atoms. The van der Waals surface area contributed by atoms with Crippen molar-refractivity contribution in [2.75, 3.05) is 5.32 Å². The van der Waals surface area contributed by atoms with Gasteiger partial charge in [0.15, 0.2) is 0 Å². The number of nitrogens with zero attached hydrogens (tertiary/aromatic N) is 2. The molecule has 1 unspecified atom stereocenters. The molecule has 1 aliphatic heterocycles. The molecule has 1 fully saturated rings. The van der Waals surface area contributed by atoms with Crippen LogP contribution < -0.4 is 10.6 Å². The van der Waals surface area contributed by atoms with Crippen LogP contribution >= 0.6 is 0 Å². The highest BCUT2D eigenvalue weighted by molar-refractivity contribution is 6.07. The maximum atomic E-state index is 12.1. The van der Waals surface area contributed by atoms with Gasteiger partial charge >= 0.3 is 6.03 Å².